The molecule has 21 heavy (non-hydrogen) atoms. The molecule has 0 atom stereocenters. The van der Waals surface area contributed by atoms with Gasteiger partial charge in [0.2, 0.25) is 0 Å². The second-order valence-corrected chi connectivity index (χ2v) is 5.49. The molecule has 2 aromatic carbocycles. The van der Waals surface area contributed by atoms with E-state index in [0.29, 0.717) is 0 Å². The van der Waals surface area contributed by atoms with Gasteiger partial charge in [-0.1, -0.05) is 79.4 Å². The molecule has 0 bridgehead atoms. The van der Waals surface area contributed by atoms with Crippen LogP contribution < -0.4 is 0 Å². The summed E-state index contributed by atoms with van der Waals surface area (Å²) in [6, 6.07) is 21.0. The summed E-state index contributed by atoms with van der Waals surface area (Å²) < 4.78 is 0. The Kier molecular flexibility index (Phi) is 4.16. The molecule has 0 nitrogen and oxygen atoms in total. The molecule has 0 spiro atoms. The van der Waals surface area contributed by atoms with E-state index in [1.54, 1.807) is 0 Å². The first-order valence-corrected chi connectivity index (χ1v) is 7.54. The Morgan fingerprint density at radius 2 is 1.10 bits per heavy atom. The summed E-state index contributed by atoms with van der Waals surface area (Å²) in [6.07, 6.45) is 8.01. The van der Waals surface area contributed by atoms with Gasteiger partial charge in [-0.2, -0.15) is 0 Å². The van der Waals surface area contributed by atoms with Crippen LogP contribution in [0.25, 0.3) is 12.2 Å². The molecular formula is C21H20. The fourth-order valence-electron chi connectivity index (χ4n) is 2.80. The topological polar surface area (TPSA) is 0 Å². The molecule has 104 valence electrons. The second kappa shape index (κ2) is 6.41. The summed E-state index contributed by atoms with van der Waals surface area (Å²) in [7, 11) is 0. The monoisotopic (exact) mass is 272 g/mol. The summed E-state index contributed by atoms with van der Waals surface area (Å²) in [6.45, 7) is 4.33. The Hall–Kier alpha value is -2.34. The molecule has 0 aliphatic heterocycles. The summed E-state index contributed by atoms with van der Waals surface area (Å²) in [5, 5.41) is 0. The van der Waals surface area contributed by atoms with Crippen molar-refractivity contribution in [1.82, 2.24) is 0 Å². The standard InChI is InChI=1S/C21H20/c1-17-20(15-18-9-4-2-5-10-18)13-8-14-21(17)16-19-11-6-3-7-12-19/h2-7,9-12,15-16H,1,8,13-14H2/b20-15+,21-16+. The van der Waals surface area contributed by atoms with Crippen LogP contribution in [0, 0.1) is 0 Å². The molecule has 0 unspecified atom stereocenters. The minimum Gasteiger partial charge on any atom is -0.0912 e. The maximum absolute atomic E-state index is 4.33. The van der Waals surface area contributed by atoms with Crippen LogP contribution in [0.2, 0.25) is 0 Å². The predicted octanol–water partition coefficient (Wildman–Crippen LogP) is 5.89. The van der Waals surface area contributed by atoms with Crippen molar-refractivity contribution in [2.45, 2.75) is 19.3 Å². The first-order chi connectivity index (χ1) is 10.3. The highest BCUT2D eigenvalue weighted by Crippen LogP contribution is 2.34. The highest BCUT2D eigenvalue weighted by molar-refractivity contribution is 5.68. The van der Waals surface area contributed by atoms with Gasteiger partial charge >= 0.3 is 0 Å². The van der Waals surface area contributed by atoms with Crippen molar-refractivity contribution in [2.75, 3.05) is 0 Å². The van der Waals surface area contributed by atoms with Crippen LogP contribution in [0.1, 0.15) is 30.4 Å². The number of benzene rings is 2. The van der Waals surface area contributed by atoms with Crippen LogP contribution in [-0.2, 0) is 0 Å². The van der Waals surface area contributed by atoms with Gasteiger partial charge in [-0.25, -0.2) is 0 Å². The molecule has 1 aliphatic rings. The van der Waals surface area contributed by atoms with Gasteiger partial charge in [0.25, 0.3) is 0 Å². The Morgan fingerprint density at radius 1 is 0.667 bits per heavy atom. The van der Waals surface area contributed by atoms with Crippen molar-refractivity contribution < 1.29 is 0 Å². The lowest BCUT2D eigenvalue weighted by Gasteiger charge is -2.21. The number of hydrogen-bond acceptors (Lipinski definition) is 0. The van der Waals surface area contributed by atoms with Gasteiger partial charge in [-0.05, 0) is 47.1 Å². The fraction of sp³-hybridized carbons (Fsp3) is 0.143. The van der Waals surface area contributed by atoms with Crippen LogP contribution >= 0.6 is 0 Å². The van der Waals surface area contributed by atoms with Gasteiger partial charge in [-0.3, -0.25) is 0 Å². The minimum atomic E-state index is 1.12. The van der Waals surface area contributed by atoms with Gasteiger partial charge in [0.15, 0.2) is 0 Å². The molecule has 0 aromatic heterocycles. The molecule has 1 fully saturated rings. The minimum absolute atomic E-state index is 1.12. The maximum Gasteiger partial charge on any atom is -0.0254 e. The Morgan fingerprint density at radius 3 is 1.52 bits per heavy atom. The lowest BCUT2D eigenvalue weighted by molar-refractivity contribution is 0.782. The van der Waals surface area contributed by atoms with Crippen LogP contribution in [-0.4, -0.2) is 0 Å². The van der Waals surface area contributed by atoms with E-state index < -0.39 is 0 Å². The second-order valence-electron chi connectivity index (χ2n) is 5.49. The Bertz CT molecular complexity index is 613. The van der Waals surface area contributed by atoms with Crippen molar-refractivity contribution >= 4 is 12.2 Å². The smallest absolute Gasteiger partial charge is 0.0254 e. The van der Waals surface area contributed by atoms with Gasteiger partial charge in [-0.15, -0.1) is 0 Å². The zero-order valence-corrected chi connectivity index (χ0v) is 12.3. The highest BCUT2D eigenvalue weighted by Gasteiger charge is 2.14. The summed E-state index contributed by atoms with van der Waals surface area (Å²) >= 11 is 0. The average Bonchev–Trinajstić information content (AvgIpc) is 2.53. The quantitative estimate of drug-likeness (QED) is 0.639. The average molecular weight is 272 g/mol. The Balaban J connectivity index is 1.88. The van der Waals surface area contributed by atoms with Gasteiger partial charge < -0.3 is 0 Å². The van der Waals surface area contributed by atoms with Crippen molar-refractivity contribution in [3.05, 3.63) is 95.1 Å². The molecule has 1 aliphatic carbocycles. The van der Waals surface area contributed by atoms with Crippen molar-refractivity contribution in [3.63, 3.8) is 0 Å². The van der Waals surface area contributed by atoms with E-state index in [0.717, 1.165) is 12.8 Å². The zero-order chi connectivity index (χ0) is 14.5. The molecule has 1 saturated carbocycles. The lowest BCUT2D eigenvalue weighted by atomic mass is 9.84. The Labute approximate surface area is 127 Å². The molecular weight excluding hydrogens is 252 g/mol. The van der Waals surface area contributed by atoms with E-state index in [9.17, 15) is 0 Å². The maximum atomic E-state index is 4.33. The van der Waals surface area contributed by atoms with Gasteiger partial charge in [0, 0.05) is 0 Å². The molecule has 0 heterocycles. The number of allylic oxidation sites excluding steroid dienone is 3. The fourth-order valence-corrected chi connectivity index (χ4v) is 2.80. The van der Waals surface area contributed by atoms with Crippen LogP contribution in [0.15, 0.2) is 84.0 Å². The highest BCUT2D eigenvalue weighted by atomic mass is 14.2. The predicted molar refractivity (Wildman–Crippen MR) is 91.8 cm³/mol. The molecule has 0 heteroatoms. The first-order valence-electron chi connectivity index (χ1n) is 7.54. The van der Waals surface area contributed by atoms with Gasteiger partial charge in [0.1, 0.15) is 0 Å². The molecule has 0 amide bonds. The van der Waals surface area contributed by atoms with Crippen LogP contribution in [0.4, 0.5) is 0 Å². The normalized spacial score (nSPS) is 19.1. The van der Waals surface area contributed by atoms with E-state index in [1.807, 2.05) is 0 Å². The number of hydrogen-bond donors (Lipinski definition) is 0. The van der Waals surface area contributed by atoms with Crippen molar-refractivity contribution in [2.24, 2.45) is 0 Å². The SMILES string of the molecule is C=C1/C(=C/c2ccccc2)CCC/C1=C\c1ccccc1. The third-order valence-electron chi connectivity index (χ3n) is 3.95. The van der Waals surface area contributed by atoms with E-state index in [-0.39, 0.29) is 0 Å². The van der Waals surface area contributed by atoms with E-state index >= 15 is 0 Å². The molecule has 0 N–H and O–H groups in total. The lowest BCUT2D eigenvalue weighted by Crippen LogP contribution is -2.01. The van der Waals surface area contributed by atoms with Gasteiger partial charge in [0.05, 0.1) is 0 Å². The third kappa shape index (κ3) is 3.41. The van der Waals surface area contributed by atoms with Crippen LogP contribution in [0.3, 0.4) is 0 Å². The summed E-state index contributed by atoms with van der Waals surface area (Å²) in [5.74, 6) is 0. The van der Waals surface area contributed by atoms with Crippen molar-refractivity contribution in [1.29, 1.82) is 0 Å². The largest absolute Gasteiger partial charge is 0.0912 e. The summed E-state index contributed by atoms with van der Waals surface area (Å²) in [5.41, 5.74) is 6.46. The molecule has 3 rings (SSSR count). The third-order valence-corrected chi connectivity index (χ3v) is 3.95. The molecule has 2 aromatic rings. The molecule has 0 saturated heterocycles. The summed E-state index contributed by atoms with van der Waals surface area (Å²) in [4.78, 5) is 0. The van der Waals surface area contributed by atoms with E-state index in [1.165, 1.54) is 34.3 Å². The zero-order valence-electron chi connectivity index (χ0n) is 12.3. The number of rotatable bonds is 2. The first kappa shape index (κ1) is 13.6. The van der Waals surface area contributed by atoms with Crippen molar-refractivity contribution in [3.8, 4) is 0 Å². The van der Waals surface area contributed by atoms with Crippen LogP contribution in [0.5, 0.6) is 0 Å². The van der Waals surface area contributed by atoms with E-state index in [2.05, 4.69) is 79.4 Å². The molecule has 0 radical (unpaired) electrons. The van der Waals surface area contributed by atoms with E-state index in [4.69, 9.17) is 0 Å².